The molecule has 0 bridgehead atoms. The fourth-order valence-electron chi connectivity index (χ4n) is 2.61. The van der Waals surface area contributed by atoms with E-state index in [1.54, 1.807) is 48.5 Å². The van der Waals surface area contributed by atoms with Crippen LogP contribution in [0.4, 0.5) is 5.69 Å². The number of ether oxygens (including phenoxy) is 1. The molecular formula is C22H14Cl2N2O4. The van der Waals surface area contributed by atoms with Gasteiger partial charge in [-0.15, -0.1) is 0 Å². The van der Waals surface area contributed by atoms with Crippen molar-refractivity contribution in [3.63, 3.8) is 0 Å². The van der Waals surface area contributed by atoms with Gasteiger partial charge in [-0.3, -0.25) is 9.59 Å². The molecule has 0 aliphatic rings. The zero-order valence-electron chi connectivity index (χ0n) is 15.4. The molecule has 0 aliphatic heterocycles. The van der Waals surface area contributed by atoms with E-state index in [1.165, 1.54) is 12.1 Å². The van der Waals surface area contributed by atoms with Gasteiger partial charge in [0, 0.05) is 11.3 Å². The van der Waals surface area contributed by atoms with Crippen molar-refractivity contribution in [2.24, 2.45) is 0 Å². The second-order valence-electron chi connectivity index (χ2n) is 6.22. The van der Waals surface area contributed by atoms with Gasteiger partial charge in [0.05, 0.1) is 22.0 Å². The zero-order chi connectivity index (χ0) is 21.7. The van der Waals surface area contributed by atoms with Crippen molar-refractivity contribution < 1.29 is 19.4 Å². The fraction of sp³-hybridized carbons (Fsp3) is 0.0455. The van der Waals surface area contributed by atoms with E-state index in [9.17, 15) is 14.9 Å². The number of rotatable bonds is 6. The summed E-state index contributed by atoms with van der Waals surface area (Å²) < 4.78 is 5.72. The highest BCUT2D eigenvalue weighted by molar-refractivity contribution is 6.42. The number of halogens is 2. The molecule has 2 N–H and O–H groups in total. The summed E-state index contributed by atoms with van der Waals surface area (Å²) in [5.74, 6) is -0.571. The number of anilines is 1. The minimum Gasteiger partial charge on any atom is -0.481 e. The van der Waals surface area contributed by atoms with Crippen LogP contribution in [0.1, 0.15) is 21.5 Å². The van der Waals surface area contributed by atoms with Gasteiger partial charge in [0.15, 0.2) is 0 Å². The Morgan fingerprint density at radius 2 is 1.73 bits per heavy atom. The van der Waals surface area contributed by atoms with E-state index in [4.69, 9.17) is 33.0 Å². The largest absolute Gasteiger partial charge is 0.481 e. The normalized spacial score (nSPS) is 10.2. The smallest absolute Gasteiger partial charge is 0.307 e. The number of hydrogen-bond acceptors (Lipinski definition) is 4. The Kier molecular flexibility index (Phi) is 6.58. The first-order valence-electron chi connectivity index (χ1n) is 8.65. The number of carboxylic acids is 1. The summed E-state index contributed by atoms with van der Waals surface area (Å²) in [5.41, 5.74) is 1.64. The number of carbonyl (C=O) groups is 2. The van der Waals surface area contributed by atoms with Crippen molar-refractivity contribution in [1.29, 1.82) is 5.26 Å². The quantitative estimate of drug-likeness (QED) is 0.524. The predicted molar refractivity (Wildman–Crippen MR) is 113 cm³/mol. The number of nitrogens with one attached hydrogen (secondary N) is 1. The summed E-state index contributed by atoms with van der Waals surface area (Å²) in [6.07, 6.45) is -0.178. The number of hydrogen-bond donors (Lipinski definition) is 2. The predicted octanol–water partition coefficient (Wildman–Crippen LogP) is 5.54. The highest BCUT2D eigenvalue weighted by atomic mass is 35.5. The second kappa shape index (κ2) is 9.31. The number of nitrogens with zero attached hydrogens (tertiary/aromatic N) is 1. The van der Waals surface area contributed by atoms with E-state index < -0.39 is 5.97 Å². The van der Waals surface area contributed by atoms with Crippen LogP contribution >= 0.6 is 23.2 Å². The Morgan fingerprint density at radius 1 is 1.00 bits per heavy atom. The number of amides is 1. The second-order valence-corrected chi connectivity index (χ2v) is 7.04. The maximum absolute atomic E-state index is 12.3. The van der Waals surface area contributed by atoms with Crippen LogP contribution in [0.5, 0.6) is 11.5 Å². The summed E-state index contributed by atoms with van der Waals surface area (Å²) in [7, 11) is 0. The molecule has 3 aromatic carbocycles. The van der Waals surface area contributed by atoms with Crippen LogP contribution in [-0.4, -0.2) is 17.0 Å². The molecule has 0 saturated heterocycles. The maximum Gasteiger partial charge on any atom is 0.307 e. The molecule has 8 heteroatoms. The Labute approximate surface area is 182 Å². The van der Waals surface area contributed by atoms with Crippen molar-refractivity contribution in [3.05, 3.63) is 87.4 Å². The summed E-state index contributed by atoms with van der Waals surface area (Å²) in [6, 6.07) is 17.8. The van der Waals surface area contributed by atoms with Crippen LogP contribution in [0.15, 0.2) is 60.7 Å². The summed E-state index contributed by atoms with van der Waals surface area (Å²) in [6.45, 7) is 0. The van der Waals surface area contributed by atoms with E-state index in [-0.39, 0.29) is 22.9 Å². The molecule has 0 spiro atoms. The SMILES string of the molecule is N#Cc1cc(CC(=O)O)ccc1Oc1ccc(NC(=O)c2ccc(Cl)c(Cl)c2)cc1. The van der Waals surface area contributed by atoms with Crippen LogP contribution in [0, 0.1) is 11.3 Å². The van der Waals surface area contributed by atoms with E-state index in [0.29, 0.717) is 33.3 Å². The van der Waals surface area contributed by atoms with Crippen LogP contribution in [-0.2, 0) is 11.2 Å². The van der Waals surface area contributed by atoms with Crippen LogP contribution in [0.3, 0.4) is 0 Å². The van der Waals surface area contributed by atoms with Crippen molar-refractivity contribution in [3.8, 4) is 17.6 Å². The molecule has 150 valence electrons. The zero-order valence-corrected chi connectivity index (χ0v) is 16.9. The van der Waals surface area contributed by atoms with Crippen LogP contribution < -0.4 is 10.1 Å². The molecule has 0 atom stereocenters. The lowest BCUT2D eigenvalue weighted by Crippen LogP contribution is -2.11. The first-order valence-corrected chi connectivity index (χ1v) is 9.40. The minimum absolute atomic E-state index is 0.178. The maximum atomic E-state index is 12.3. The molecular weight excluding hydrogens is 427 g/mol. The van der Waals surface area contributed by atoms with Gasteiger partial charge in [0.25, 0.3) is 5.91 Å². The van der Waals surface area contributed by atoms with Crippen molar-refractivity contribution >= 4 is 40.8 Å². The van der Waals surface area contributed by atoms with Crippen LogP contribution in [0.2, 0.25) is 10.0 Å². The van der Waals surface area contributed by atoms with E-state index in [2.05, 4.69) is 5.32 Å². The van der Waals surface area contributed by atoms with E-state index >= 15 is 0 Å². The van der Waals surface area contributed by atoms with Gasteiger partial charge in [-0.25, -0.2) is 0 Å². The molecule has 3 rings (SSSR count). The average molecular weight is 441 g/mol. The molecule has 6 nitrogen and oxygen atoms in total. The summed E-state index contributed by atoms with van der Waals surface area (Å²) in [4.78, 5) is 23.1. The average Bonchev–Trinajstić information content (AvgIpc) is 2.72. The van der Waals surface area contributed by atoms with Crippen molar-refractivity contribution in [2.75, 3.05) is 5.32 Å². The molecule has 0 heterocycles. The van der Waals surface area contributed by atoms with E-state index in [1.807, 2.05) is 6.07 Å². The lowest BCUT2D eigenvalue weighted by molar-refractivity contribution is -0.136. The van der Waals surface area contributed by atoms with Crippen LogP contribution in [0.25, 0.3) is 0 Å². The number of nitriles is 1. The molecule has 3 aromatic rings. The number of benzene rings is 3. The first kappa shape index (κ1) is 21.2. The van der Waals surface area contributed by atoms with Gasteiger partial charge in [-0.1, -0.05) is 29.3 Å². The molecule has 0 saturated carbocycles. The van der Waals surface area contributed by atoms with Gasteiger partial charge < -0.3 is 15.2 Å². The lowest BCUT2D eigenvalue weighted by atomic mass is 10.1. The Hall–Kier alpha value is -3.53. The monoisotopic (exact) mass is 440 g/mol. The number of carboxylic acid groups (broad SMARTS) is 1. The first-order chi connectivity index (χ1) is 14.4. The third-order valence-corrected chi connectivity index (χ3v) is 4.78. The van der Waals surface area contributed by atoms with Crippen molar-refractivity contribution in [1.82, 2.24) is 0 Å². The lowest BCUT2D eigenvalue weighted by Gasteiger charge is -2.10. The summed E-state index contributed by atoms with van der Waals surface area (Å²) in [5, 5.41) is 21.6. The molecule has 0 aromatic heterocycles. The number of carbonyl (C=O) groups excluding carboxylic acids is 1. The van der Waals surface area contributed by atoms with Gasteiger partial charge in [0.1, 0.15) is 17.6 Å². The molecule has 30 heavy (non-hydrogen) atoms. The Balaban J connectivity index is 1.70. The minimum atomic E-state index is -0.980. The Morgan fingerprint density at radius 3 is 2.37 bits per heavy atom. The van der Waals surface area contributed by atoms with Gasteiger partial charge >= 0.3 is 5.97 Å². The highest BCUT2D eigenvalue weighted by Gasteiger charge is 2.11. The molecule has 0 radical (unpaired) electrons. The third kappa shape index (κ3) is 5.29. The third-order valence-electron chi connectivity index (χ3n) is 4.04. The van der Waals surface area contributed by atoms with Gasteiger partial charge in [-0.2, -0.15) is 5.26 Å². The number of aliphatic carboxylic acids is 1. The van der Waals surface area contributed by atoms with Gasteiger partial charge in [0.2, 0.25) is 0 Å². The summed E-state index contributed by atoms with van der Waals surface area (Å²) >= 11 is 11.8. The standard InChI is InChI=1S/C22H14Cl2N2O4/c23-18-7-2-14(11-19(18)24)22(29)26-16-3-5-17(6-4-16)30-20-8-1-13(10-21(27)28)9-15(20)12-25/h1-9,11H,10H2,(H,26,29)(H,27,28). The highest BCUT2D eigenvalue weighted by Crippen LogP contribution is 2.28. The van der Waals surface area contributed by atoms with Crippen molar-refractivity contribution in [2.45, 2.75) is 6.42 Å². The Bertz CT molecular complexity index is 1150. The van der Waals surface area contributed by atoms with E-state index in [0.717, 1.165) is 0 Å². The molecule has 1 amide bonds. The molecule has 0 unspecified atom stereocenters. The topological polar surface area (TPSA) is 99.4 Å². The molecule has 0 aliphatic carbocycles. The fourth-order valence-corrected chi connectivity index (χ4v) is 2.91. The molecule has 0 fully saturated rings. The van der Waals surface area contributed by atoms with Gasteiger partial charge in [-0.05, 0) is 60.2 Å².